The Morgan fingerprint density at radius 3 is 2.62 bits per heavy atom. The van der Waals surface area contributed by atoms with Crippen molar-refractivity contribution in [3.05, 3.63) is 29.8 Å². The van der Waals surface area contributed by atoms with Gasteiger partial charge < -0.3 is 15.8 Å². The van der Waals surface area contributed by atoms with Crippen molar-refractivity contribution in [1.29, 1.82) is 0 Å². The first-order chi connectivity index (χ1) is 9.69. The van der Waals surface area contributed by atoms with E-state index in [9.17, 15) is 4.79 Å². The lowest BCUT2D eigenvalue weighted by Gasteiger charge is -2.10. The fourth-order valence-electron chi connectivity index (χ4n) is 2.70. The summed E-state index contributed by atoms with van der Waals surface area (Å²) in [5.74, 6) is 1.18. The number of amides is 1. The van der Waals surface area contributed by atoms with Gasteiger partial charge in [-0.1, -0.05) is 12.1 Å². The normalized spacial score (nSPS) is 20.7. The highest BCUT2D eigenvalue weighted by Crippen LogP contribution is 2.23. The predicted molar refractivity (Wildman–Crippen MR) is 86.9 cm³/mol. The van der Waals surface area contributed by atoms with Crippen LogP contribution in [0, 0.1) is 5.92 Å². The lowest BCUT2D eigenvalue weighted by molar-refractivity contribution is -0.124. The molecule has 1 aliphatic rings. The molecule has 0 bridgehead atoms. The fourth-order valence-corrected chi connectivity index (χ4v) is 2.70. The van der Waals surface area contributed by atoms with Crippen molar-refractivity contribution in [2.75, 3.05) is 13.7 Å². The third-order valence-corrected chi connectivity index (χ3v) is 3.94. The van der Waals surface area contributed by atoms with Crippen molar-refractivity contribution in [3.63, 3.8) is 0 Å². The molecule has 0 radical (unpaired) electrons. The second-order valence-corrected chi connectivity index (χ2v) is 5.51. The van der Waals surface area contributed by atoms with Crippen molar-refractivity contribution in [1.82, 2.24) is 5.32 Å². The topological polar surface area (TPSA) is 64.3 Å². The van der Waals surface area contributed by atoms with Crippen LogP contribution in [0.25, 0.3) is 0 Å². The molecule has 1 aliphatic carbocycles. The standard InChI is InChI=1S/C16H24N2O2.ClH/c1-20-15-8-4-12(5-9-15)3-2-10-18-16(19)13-6-7-14(17)11-13;/h4-5,8-9,13-14H,2-3,6-7,10-11,17H2,1H3,(H,18,19);1H. The van der Waals surface area contributed by atoms with Crippen LogP contribution in [0.3, 0.4) is 0 Å². The van der Waals surface area contributed by atoms with Crippen molar-refractivity contribution >= 4 is 18.3 Å². The molecular weight excluding hydrogens is 288 g/mol. The summed E-state index contributed by atoms with van der Waals surface area (Å²) in [5.41, 5.74) is 7.09. The molecule has 2 unspecified atom stereocenters. The molecule has 0 aliphatic heterocycles. The molecule has 4 nitrogen and oxygen atoms in total. The zero-order valence-electron chi connectivity index (χ0n) is 12.5. The van der Waals surface area contributed by atoms with Gasteiger partial charge in [-0.05, 0) is 49.8 Å². The number of methoxy groups -OCH3 is 1. The van der Waals surface area contributed by atoms with E-state index < -0.39 is 0 Å². The minimum absolute atomic E-state index is 0. The second kappa shape index (κ2) is 8.90. The van der Waals surface area contributed by atoms with Gasteiger partial charge in [-0.2, -0.15) is 0 Å². The molecule has 1 saturated carbocycles. The van der Waals surface area contributed by atoms with Crippen LogP contribution in [0.5, 0.6) is 5.75 Å². The van der Waals surface area contributed by atoms with Gasteiger partial charge in [0, 0.05) is 18.5 Å². The first-order valence-corrected chi connectivity index (χ1v) is 7.35. The SMILES string of the molecule is COc1ccc(CCCNC(=O)C2CCC(N)C2)cc1.Cl. The maximum Gasteiger partial charge on any atom is 0.223 e. The zero-order valence-corrected chi connectivity index (χ0v) is 13.3. The van der Waals surface area contributed by atoms with Crippen molar-refractivity contribution < 1.29 is 9.53 Å². The summed E-state index contributed by atoms with van der Waals surface area (Å²) in [6.07, 6.45) is 4.67. The van der Waals surface area contributed by atoms with E-state index in [4.69, 9.17) is 10.5 Å². The Hall–Kier alpha value is -1.26. The van der Waals surface area contributed by atoms with Gasteiger partial charge in [-0.25, -0.2) is 0 Å². The maximum atomic E-state index is 11.9. The minimum Gasteiger partial charge on any atom is -0.497 e. The van der Waals surface area contributed by atoms with E-state index >= 15 is 0 Å². The first kappa shape index (κ1) is 17.8. The molecule has 1 amide bonds. The molecule has 1 fully saturated rings. The summed E-state index contributed by atoms with van der Waals surface area (Å²) in [5, 5.41) is 3.02. The van der Waals surface area contributed by atoms with Crippen LogP contribution < -0.4 is 15.8 Å². The van der Waals surface area contributed by atoms with Gasteiger partial charge >= 0.3 is 0 Å². The minimum atomic E-state index is 0. The molecule has 0 heterocycles. The number of carbonyl (C=O) groups excluding carboxylic acids is 1. The number of carbonyl (C=O) groups is 1. The Morgan fingerprint density at radius 1 is 1.33 bits per heavy atom. The maximum absolute atomic E-state index is 11.9. The van der Waals surface area contributed by atoms with Crippen molar-refractivity contribution in [2.45, 2.75) is 38.1 Å². The average Bonchev–Trinajstić information content (AvgIpc) is 2.91. The predicted octanol–water partition coefficient (Wildman–Crippen LogP) is 2.29. The molecule has 0 spiro atoms. The fraction of sp³-hybridized carbons (Fsp3) is 0.562. The van der Waals surface area contributed by atoms with Crippen LogP contribution in [0.4, 0.5) is 0 Å². The largest absolute Gasteiger partial charge is 0.497 e. The number of benzene rings is 1. The quantitative estimate of drug-likeness (QED) is 0.792. The molecule has 3 N–H and O–H groups in total. The number of rotatable bonds is 6. The Balaban J connectivity index is 0.00000220. The van der Waals surface area contributed by atoms with E-state index in [1.807, 2.05) is 12.1 Å². The van der Waals surface area contributed by atoms with E-state index in [1.54, 1.807) is 7.11 Å². The van der Waals surface area contributed by atoms with Gasteiger partial charge in [0.1, 0.15) is 5.75 Å². The molecule has 0 aromatic heterocycles. The van der Waals surface area contributed by atoms with Gasteiger partial charge in [0.2, 0.25) is 5.91 Å². The van der Waals surface area contributed by atoms with Gasteiger partial charge in [-0.15, -0.1) is 12.4 Å². The summed E-state index contributed by atoms with van der Waals surface area (Å²) >= 11 is 0. The summed E-state index contributed by atoms with van der Waals surface area (Å²) in [7, 11) is 1.67. The van der Waals surface area contributed by atoms with Crippen LogP contribution in [0.2, 0.25) is 0 Å². The van der Waals surface area contributed by atoms with Crippen LogP contribution in [0.15, 0.2) is 24.3 Å². The second-order valence-electron chi connectivity index (χ2n) is 5.51. The Labute approximate surface area is 132 Å². The molecule has 5 heteroatoms. The van der Waals surface area contributed by atoms with Gasteiger partial charge in [0.25, 0.3) is 0 Å². The van der Waals surface area contributed by atoms with E-state index in [2.05, 4.69) is 17.4 Å². The summed E-state index contributed by atoms with van der Waals surface area (Å²) in [6, 6.07) is 8.28. The van der Waals surface area contributed by atoms with E-state index in [1.165, 1.54) is 5.56 Å². The average molecular weight is 313 g/mol. The molecule has 1 aromatic rings. The summed E-state index contributed by atoms with van der Waals surface area (Å²) in [6.45, 7) is 0.733. The summed E-state index contributed by atoms with van der Waals surface area (Å²) < 4.78 is 5.12. The number of hydrogen-bond acceptors (Lipinski definition) is 3. The number of ether oxygens (including phenoxy) is 1. The smallest absolute Gasteiger partial charge is 0.223 e. The molecule has 2 rings (SSSR count). The van der Waals surface area contributed by atoms with Crippen molar-refractivity contribution in [2.24, 2.45) is 11.7 Å². The Kier molecular flexibility index (Phi) is 7.54. The molecule has 2 atom stereocenters. The van der Waals surface area contributed by atoms with E-state index in [0.29, 0.717) is 0 Å². The van der Waals surface area contributed by atoms with E-state index in [0.717, 1.165) is 44.4 Å². The highest BCUT2D eigenvalue weighted by atomic mass is 35.5. The number of nitrogens with two attached hydrogens (primary N) is 1. The number of aryl methyl sites for hydroxylation is 1. The molecule has 118 valence electrons. The number of nitrogens with one attached hydrogen (secondary N) is 1. The molecule has 1 aromatic carbocycles. The third-order valence-electron chi connectivity index (χ3n) is 3.94. The molecule has 0 saturated heterocycles. The van der Waals surface area contributed by atoms with Crippen LogP contribution in [0.1, 0.15) is 31.2 Å². The zero-order chi connectivity index (χ0) is 14.4. The highest BCUT2D eigenvalue weighted by Gasteiger charge is 2.27. The summed E-state index contributed by atoms with van der Waals surface area (Å²) in [4.78, 5) is 11.9. The van der Waals surface area contributed by atoms with Crippen LogP contribution >= 0.6 is 12.4 Å². The highest BCUT2D eigenvalue weighted by molar-refractivity contribution is 5.85. The van der Waals surface area contributed by atoms with Crippen molar-refractivity contribution in [3.8, 4) is 5.75 Å². The van der Waals surface area contributed by atoms with E-state index in [-0.39, 0.29) is 30.3 Å². The lowest BCUT2D eigenvalue weighted by atomic mass is 10.1. The third kappa shape index (κ3) is 5.56. The van der Waals surface area contributed by atoms with Gasteiger partial charge in [-0.3, -0.25) is 4.79 Å². The van der Waals surface area contributed by atoms with Crippen LogP contribution in [-0.2, 0) is 11.2 Å². The number of hydrogen-bond donors (Lipinski definition) is 2. The first-order valence-electron chi connectivity index (χ1n) is 7.35. The molecular formula is C16H25ClN2O2. The van der Waals surface area contributed by atoms with Crippen LogP contribution in [-0.4, -0.2) is 25.6 Å². The number of halogens is 1. The lowest BCUT2D eigenvalue weighted by Crippen LogP contribution is -2.31. The molecule has 21 heavy (non-hydrogen) atoms. The Bertz CT molecular complexity index is 436. The Morgan fingerprint density at radius 2 is 2.05 bits per heavy atom. The monoisotopic (exact) mass is 312 g/mol. The van der Waals surface area contributed by atoms with Gasteiger partial charge in [0.15, 0.2) is 0 Å². The van der Waals surface area contributed by atoms with Gasteiger partial charge in [0.05, 0.1) is 7.11 Å².